The summed E-state index contributed by atoms with van der Waals surface area (Å²) in [7, 11) is 0. The number of hydrogen-bond donors (Lipinski definition) is 0. The molecule has 3 heteroatoms. The van der Waals surface area contributed by atoms with Crippen LogP contribution in [0, 0.1) is 17.8 Å². The van der Waals surface area contributed by atoms with E-state index in [0.717, 1.165) is 42.0 Å². The molecule has 2 nitrogen and oxygen atoms in total. The molecule has 0 atom stereocenters. The van der Waals surface area contributed by atoms with Gasteiger partial charge in [0.1, 0.15) is 0 Å². The fourth-order valence-electron chi connectivity index (χ4n) is 3.36. The van der Waals surface area contributed by atoms with Crippen molar-refractivity contribution >= 4 is 22.6 Å². The fraction of sp³-hybridized carbons (Fsp3) is 1.00. The molecule has 1 heterocycles. The Labute approximate surface area is 132 Å². The van der Waals surface area contributed by atoms with Crippen LogP contribution in [0.3, 0.4) is 0 Å². The molecule has 112 valence electrons. The van der Waals surface area contributed by atoms with Crippen molar-refractivity contribution in [3.05, 3.63) is 0 Å². The summed E-state index contributed by atoms with van der Waals surface area (Å²) in [5, 5.41) is 0. The normalized spacial score (nSPS) is 33.8. The summed E-state index contributed by atoms with van der Waals surface area (Å²) in [6, 6.07) is 0. The van der Waals surface area contributed by atoms with Crippen LogP contribution in [0.1, 0.15) is 52.4 Å². The Morgan fingerprint density at radius 2 is 1.79 bits per heavy atom. The van der Waals surface area contributed by atoms with Crippen molar-refractivity contribution in [2.24, 2.45) is 17.8 Å². The molecule has 0 aromatic carbocycles. The number of rotatable bonds is 5. The summed E-state index contributed by atoms with van der Waals surface area (Å²) >= 11 is 2.53. The van der Waals surface area contributed by atoms with E-state index >= 15 is 0 Å². The molecule has 19 heavy (non-hydrogen) atoms. The predicted molar refractivity (Wildman–Crippen MR) is 87.9 cm³/mol. The Bertz CT molecular complexity index is 253. The Morgan fingerprint density at radius 3 is 2.32 bits per heavy atom. The first-order chi connectivity index (χ1) is 9.15. The molecule has 2 aliphatic rings. The Balaban J connectivity index is 1.79. The average Bonchev–Trinajstić information content (AvgIpc) is 2.46. The van der Waals surface area contributed by atoms with E-state index in [9.17, 15) is 0 Å². The molecule has 0 spiro atoms. The lowest BCUT2D eigenvalue weighted by Crippen LogP contribution is -2.41. The van der Waals surface area contributed by atoms with Crippen LogP contribution in [0.15, 0.2) is 0 Å². The maximum absolute atomic E-state index is 6.42. The lowest BCUT2D eigenvalue weighted by Gasteiger charge is -2.41. The average molecular weight is 380 g/mol. The molecule has 0 bridgehead atoms. The second-order valence-corrected chi connectivity index (χ2v) is 7.53. The van der Waals surface area contributed by atoms with E-state index in [1.165, 1.54) is 38.5 Å². The Kier molecular flexibility index (Phi) is 6.41. The highest BCUT2D eigenvalue weighted by Crippen LogP contribution is 2.39. The van der Waals surface area contributed by atoms with Gasteiger partial charge in [-0.1, -0.05) is 36.4 Å². The summed E-state index contributed by atoms with van der Waals surface area (Å²) in [5.41, 5.74) is 0.185. The smallest absolute Gasteiger partial charge is 0.0771 e. The molecule has 0 amide bonds. The highest BCUT2D eigenvalue weighted by Gasteiger charge is 2.36. The predicted octanol–water partition coefficient (Wildman–Crippen LogP) is 4.45. The minimum atomic E-state index is 0.185. The molecule has 0 N–H and O–H groups in total. The third-order valence-electron chi connectivity index (χ3n) is 5.09. The first kappa shape index (κ1) is 16.0. The lowest BCUT2D eigenvalue weighted by molar-refractivity contribution is -0.0870. The van der Waals surface area contributed by atoms with E-state index in [0.29, 0.717) is 0 Å². The summed E-state index contributed by atoms with van der Waals surface area (Å²) in [6.07, 6.45) is 7.62. The van der Waals surface area contributed by atoms with Gasteiger partial charge in [-0.25, -0.2) is 0 Å². The van der Waals surface area contributed by atoms with Gasteiger partial charge in [0.05, 0.1) is 12.2 Å². The highest BCUT2D eigenvalue weighted by atomic mass is 127. The molecule has 0 unspecified atom stereocenters. The van der Waals surface area contributed by atoms with Gasteiger partial charge in [0.25, 0.3) is 0 Å². The second kappa shape index (κ2) is 7.60. The van der Waals surface area contributed by atoms with Crippen LogP contribution >= 0.6 is 22.6 Å². The molecule has 2 fully saturated rings. The molecule has 0 radical (unpaired) electrons. The molecule has 1 aliphatic heterocycles. The molecule has 2 rings (SSSR count). The molecular formula is C16H29IO2. The first-order valence-corrected chi connectivity index (χ1v) is 9.45. The maximum Gasteiger partial charge on any atom is 0.0771 e. The number of ether oxygens (including phenoxy) is 2. The Morgan fingerprint density at radius 1 is 1.16 bits per heavy atom. The van der Waals surface area contributed by atoms with Crippen LogP contribution < -0.4 is 0 Å². The maximum atomic E-state index is 6.42. The molecule has 1 aliphatic carbocycles. The molecular weight excluding hydrogens is 351 g/mol. The monoisotopic (exact) mass is 380 g/mol. The summed E-state index contributed by atoms with van der Waals surface area (Å²) in [6.45, 7) is 7.55. The van der Waals surface area contributed by atoms with Crippen molar-refractivity contribution in [3.63, 3.8) is 0 Å². The van der Waals surface area contributed by atoms with E-state index < -0.39 is 0 Å². The van der Waals surface area contributed by atoms with Gasteiger partial charge in [-0.2, -0.15) is 0 Å². The van der Waals surface area contributed by atoms with Crippen molar-refractivity contribution in [3.8, 4) is 0 Å². The third kappa shape index (κ3) is 4.57. The third-order valence-corrected chi connectivity index (χ3v) is 6.48. The van der Waals surface area contributed by atoms with Crippen molar-refractivity contribution in [2.75, 3.05) is 24.2 Å². The van der Waals surface area contributed by atoms with Crippen molar-refractivity contribution in [1.29, 1.82) is 0 Å². The van der Waals surface area contributed by atoms with Crippen LogP contribution in [0.5, 0.6) is 0 Å². The van der Waals surface area contributed by atoms with Crippen LogP contribution in [0.4, 0.5) is 0 Å². The largest absolute Gasteiger partial charge is 0.381 e. The molecule has 0 aromatic heterocycles. The van der Waals surface area contributed by atoms with E-state index in [4.69, 9.17) is 9.47 Å². The van der Waals surface area contributed by atoms with Crippen LogP contribution in [-0.4, -0.2) is 29.8 Å². The lowest BCUT2D eigenvalue weighted by atomic mass is 9.75. The van der Waals surface area contributed by atoms with E-state index in [-0.39, 0.29) is 5.60 Å². The van der Waals surface area contributed by atoms with Crippen LogP contribution in [0.2, 0.25) is 0 Å². The summed E-state index contributed by atoms with van der Waals surface area (Å²) < 4.78 is 13.0. The highest BCUT2D eigenvalue weighted by molar-refractivity contribution is 14.1. The number of hydrogen-bond acceptors (Lipinski definition) is 2. The van der Waals surface area contributed by atoms with Gasteiger partial charge in [-0.15, -0.1) is 0 Å². The van der Waals surface area contributed by atoms with Gasteiger partial charge >= 0.3 is 0 Å². The van der Waals surface area contributed by atoms with E-state index in [2.05, 4.69) is 36.4 Å². The van der Waals surface area contributed by atoms with Crippen molar-refractivity contribution < 1.29 is 9.47 Å². The zero-order valence-electron chi connectivity index (χ0n) is 12.5. The van der Waals surface area contributed by atoms with Gasteiger partial charge in [0, 0.05) is 17.6 Å². The van der Waals surface area contributed by atoms with E-state index in [1.54, 1.807) is 0 Å². The number of halogens is 1. The van der Waals surface area contributed by atoms with Crippen LogP contribution in [0.25, 0.3) is 0 Å². The molecule has 0 aromatic rings. The number of alkyl halides is 1. The molecule has 1 saturated carbocycles. The zero-order chi connectivity index (χ0) is 13.7. The quantitative estimate of drug-likeness (QED) is 0.518. The fourth-order valence-corrected chi connectivity index (χ4v) is 4.34. The minimum Gasteiger partial charge on any atom is -0.381 e. The van der Waals surface area contributed by atoms with Gasteiger partial charge in [-0.05, 0) is 56.3 Å². The van der Waals surface area contributed by atoms with Gasteiger partial charge in [0.15, 0.2) is 0 Å². The van der Waals surface area contributed by atoms with Gasteiger partial charge in [-0.3, -0.25) is 0 Å². The topological polar surface area (TPSA) is 18.5 Å². The Hall–Kier alpha value is 0.650. The first-order valence-electron chi connectivity index (χ1n) is 7.93. The van der Waals surface area contributed by atoms with Crippen LogP contribution in [-0.2, 0) is 9.47 Å². The SMILES string of the molecule is CC(C)C1CCC(CI)(OCC2CCOCC2)CC1. The van der Waals surface area contributed by atoms with Gasteiger partial charge < -0.3 is 9.47 Å². The zero-order valence-corrected chi connectivity index (χ0v) is 14.7. The van der Waals surface area contributed by atoms with E-state index in [1.807, 2.05) is 0 Å². The van der Waals surface area contributed by atoms with Crippen molar-refractivity contribution in [1.82, 2.24) is 0 Å². The molecule has 1 saturated heterocycles. The van der Waals surface area contributed by atoms with Gasteiger partial charge in [0.2, 0.25) is 0 Å². The second-order valence-electron chi connectivity index (χ2n) is 6.76. The summed E-state index contributed by atoms with van der Waals surface area (Å²) in [5.74, 6) is 2.49. The minimum absolute atomic E-state index is 0.185. The standard InChI is InChI=1S/C16H29IO2/c1-13(2)15-3-7-16(12-17,8-4-15)19-11-14-5-9-18-10-6-14/h13-15H,3-12H2,1-2H3. The van der Waals surface area contributed by atoms with Crippen molar-refractivity contribution in [2.45, 2.75) is 58.0 Å². The summed E-state index contributed by atoms with van der Waals surface area (Å²) in [4.78, 5) is 0.